The van der Waals surface area contributed by atoms with E-state index in [2.05, 4.69) is 47.6 Å². The molecule has 0 spiro atoms. The van der Waals surface area contributed by atoms with E-state index in [1.807, 2.05) is 6.20 Å². The number of imidazole rings is 1. The first-order valence-electron chi connectivity index (χ1n) is 10.7. The monoisotopic (exact) mass is 353 g/mol. The summed E-state index contributed by atoms with van der Waals surface area (Å²) in [6, 6.07) is 11.5. The van der Waals surface area contributed by atoms with Gasteiger partial charge >= 0.3 is 0 Å². The number of hydrogen-bond donors (Lipinski definition) is 2. The molecule has 1 aliphatic rings. The number of unbranched alkanes of at least 4 members (excludes halogenated alkanes) is 3. The standard InChI is InChI=1S/C23H35N3/c1-2-3-4-12-17-21(25-20-15-10-5-6-11-16-20)23-24-18-22(26-23)19-13-8-7-9-14-19/h7-9,13-14,18,20-21,25H,2-6,10-12,15-17H2,1H3,(H,24,26). The van der Waals surface area contributed by atoms with Crippen molar-refractivity contribution in [2.24, 2.45) is 0 Å². The highest BCUT2D eigenvalue weighted by atomic mass is 15.0. The third-order valence-electron chi connectivity index (χ3n) is 5.65. The number of nitrogens with zero attached hydrogens (tertiary/aromatic N) is 1. The van der Waals surface area contributed by atoms with Gasteiger partial charge in [-0.05, 0) is 24.8 Å². The van der Waals surface area contributed by atoms with Gasteiger partial charge in [0.1, 0.15) is 5.82 Å². The highest BCUT2D eigenvalue weighted by molar-refractivity contribution is 5.58. The molecule has 0 saturated heterocycles. The molecule has 1 aliphatic carbocycles. The van der Waals surface area contributed by atoms with Crippen LogP contribution in [-0.4, -0.2) is 16.0 Å². The summed E-state index contributed by atoms with van der Waals surface area (Å²) in [5.41, 5.74) is 2.34. The van der Waals surface area contributed by atoms with Crippen molar-refractivity contribution in [2.45, 2.75) is 89.6 Å². The summed E-state index contributed by atoms with van der Waals surface area (Å²) < 4.78 is 0. The van der Waals surface area contributed by atoms with Gasteiger partial charge in [-0.3, -0.25) is 0 Å². The predicted molar refractivity (Wildman–Crippen MR) is 110 cm³/mol. The number of aromatic amines is 1. The van der Waals surface area contributed by atoms with E-state index in [4.69, 9.17) is 4.98 Å². The van der Waals surface area contributed by atoms with Crippen LogP contribution in [0.3, 0.4) is 0 Å². The van der Waals surface area contributed by atoms with Crippen LogP contribution in [0.25, 0.3) is 11.3 Å². The zero-order chi connectivity index (χ0) is 18.0. The van der Waals surface area contributed by atoms with Crippen molar-refractivity contribution >= 4 is 0 Å². The first kappa shape index (κ1) is 19.2. The van der Waals surface area contributed by atoms with E-state index < -0.39 is 0 Å². The van der Waals surface area contributed by atoms with Crippen LogP contribution in [-0.2, 0) is 0 Å². The number of nitrogens with one attached hydrogen (secondary N) is 2. The molecular weight excluding hydrogens is 318 g/mol. The van der Waals surface area contributed by atoms with E-state index in [1.165, 1.54) is 76.2 Å². The van der Waals surface area contributed by atoms with Gasteiger partial charge in [0.15, 0.2) is 0 Å². The number of aromatic nitrogens is 2. The smallest absolute Gasteiger partial charge is 0.123 e. The molecule has 1 saturated carbocycles. The second kappa shape index (κ2) is 10.5. The number of rotatable bonds is 9. The fraction of sp³-hybridized carbons (Fsp3) is 0.609. The summed E-state index contributed by atoms with van der Waals surface area (Å²) in [7, 11) is 0. The molecule has 0 amide bonds. The van der Waals surface area contributed by atoms with Gasteiger partial charge in [-0.15, -0.1) is 0 Å². The van der Waals surface area contributed by atoms with Gasteiger partial charge in [0.05, 0.1) is 17.9 Å². The van der Waals surface area contributed by atoms with Crippen LogP contribution in [0.2, 0.25) is 0 Å². The Morgan fingerprint density at radius 3 is 2.54 bits per heavy atom. The van der Waals surface area contributed by atoms with Gasteiger partial charge in [0.25, 0.3) is 0 Å². The van der Waals surface area contributed by atoms with Crippen LogP contribution in [0.1, 0.15) is 89.4 Å². The van der Waals surface area contributed by atoms with Crippen molar-refractivity contribution in [2.75, 3.05) is 0 Å². The molecule has 26 heavy (non-hydrogen) atoms. The lowest BCUT2D eigenvalue weighted by Gasteiger charge is -2.24. The molecule has 1 unspecified atom stereocenters. The van der Waals surface area contributed by atoms with Crippen molar-refractivity contribution < 1.29 is 0 Å². The molecule has 3 heteroatoms. The number of hydrogen-bond acceptors (Lipinski definition) is 2. The third-order valence-corrected chi connectivity index (χ3v) is 5.65. The molecule has 1 fully saturated rings. The predicted octanol–water partition coefficient (Wildman–Crippen LogP) is 6.40. The highest BCUT2D eigenvalue weighted by Gasteiger charge is 2.20. The van der Waals surface area contributed by atoms with Gasteiger partial charge in [-0.2, -0.15) is 0 Å². The lowest BCUT2D eigenvalue weighted by atomic mass is 10.0. The lowest BCUT2D eigenvalue weighted by molar-refractivity contribution is 0.366. The Morgan fingerprint density at radius 1 is 1.04 bits per heavy atom. The fourth-order valence-corrected chi connectivity index (χ4v) is 4.08. The van der Waals surface area contributed by atoms with Crippen molar-refractivity contribution in [3.05, 3.63) is 42.4 Å². The number of H-pyrrole nitrogens is 1. The Labute approximate surface area is 159 Å². The molecular formula is C23H35N3. The minimum atomic E-state index is 0.354. The summed E-state index contributed by atoms with van der Waals surface area (Å²) >= 11 is 0. The molecule has 142 valence electrons. The van der Waals surface area contributed by atoms with Crippen LogP contribution >= 0.6 is 0 Å². The zero-order valence-electron chi connectivity index (χ0n) is 16.3. The van der Waals surface area contributed by atoms with Crippen molar-refractivity contribution in [1.82, 2.24) is 15.3 Å². The summed E-state index contributed by atoms with van der Waals surface area (Å²) in [5.74, 6) is 1.12. The lowest BCUT2D eigenvalue weighted by Crippen LogP contribution is -2.33. The summed E-state index contributed by atoms with van der Waals surface area (Å²) in [5, 5.41) is 3.96. The molecule has 3 rings (SSSR count). The average Bonchev–Trinajstić information content (AvgIpc) is 3.03. The SMILES string of the molecule is CCCCCCC(NC1CCCCCC1)c1ncc(-c2ccccc2)[nH]1. The van der Waals surface area contributed by atoms with E-state index in [-0.39, 0.29) is 0 Å². The topological polar surface area (TPSA) is 40.7 Å². The summed E-state index contributed by atoms with van der Waals surface area (Å²) in [6.45, 7) is 2.28. The molecule has 0 radical (unpaired) electrons. The van der Waals surface area contributed by atoms with Gasteiger partial charge in [-0.25, -0.2) is 4.98 Å². The highest BCUT2D eigenvalue weighted by Crippen LogP contribution is 2.25. The molecule has 2 aromatic rings. The number of benzene rings is 1. The van der Waals surface area contributed by atoms with Crippen molar-refractivity contribution in [1.29, 1.82) is 0 Å². The van der Waals surface area contributed by atoms with Gasteiger partial charge < -0.3 is 10.3 Å². The molecule has 1 heterocycles. The van der Waals surface area contributed by atoms with Crippen LogP contribution in [0.15, 0.2) is 36.5 Å². The Hall–Kier alpha value is -1.61. The minimum absolute atomic E-state index is 0.354. The Kier molecular flexibility index (Phi) is 7.75. The molecule has 3 nitrogen and oxygen atoms in total. The molecule has 0 bridgehead atoms. The maximum Gasteiger partial charge on any atom is 0.123 e. The van der Waals surface area contributed by atoms with Crippen LogP contribution in [0.5, 0.6) is 0 Å². The third kappa shape index (κ3) is 5.70. The van der Waals surface area contributed by atoms with Crippen LogP contribution < -0.4 is 5.32 Å². The Morgan fingerprint density at radius 2 is 1.81 bits per heavy atom. The van der Waals surface area contributed by atoms with Gasteiger partial charge in [-0.1, -0.05) is 88.6 Å². The molecule has 0 aliphatic heterocycles. The quantitative estimate of drug-likeness (QED) is 0.404. The largest absolute Gasteiger partial charge is 0.341 e. The average molecular weight is 354 g/mol. The maximum absolute atomic E-state index is 4.76. The van der Waals surface area contributed by atoms with Crippen molar-refractivity contribution in [3.8, 4) is 11.3 Å². The van der Waals surface area contributed by atoms with Crippen LogP contribution in [0.4, 0.5) is 0 Å². The minimum Gasteiger partial charge on any atom is -0.341 e. The van der Waals surface area contributed by atoms with E-state index >= 15 is 0 Å². The van der Waals surface area contributed by atoms with Gasteiger partial charge in [0.2, 0.25) is 0 Å². The first-order chi connectivity index (χ1) is 12.9. The van der Waals surface area contributed by atoms with E-state index in [9.17, 15) is 0 Å². The maximum atomic E-state index is 4.76. The Balaban J connectivity index is 1.68. The molecule has 2 N–H and O–H groups in total. The summed E-state index contributed by atoms with van der Waals surface area (Å²) in [4.78, 5) is 8.36. The second-order valence-electron chi connectivity index (χ2n) is 7.81. The van der Waals surface area contributed by atoms with Crippen molar-refractivity contribution in [3.63, 3.8) is 0 Å². The molecule has 1 aromatic carbocycles. The molecule has 1 aromatic heterocycles. The van der Waals surface area contributed by atoms with E-state index in [0.29, 0.717) is 12.1 Å². The molecule has 1 atom stereocenters. The van der Waals surface area contributed by atoms with Gasteiger partial charge in [0, 0.05) is 6.04 Å². The Bertz CT molecular complexity index is 611. The fourth-order valence-electron chi connectivity index (χ4n) is 4.08. The van der Waals surface area contributed by atoms with Crippen LogP contribution in [0, 0.1) is 0 Å². The summed E-state index contributed by atoms with van der Waals surface area (Å²) in [6.07, 6.45) is 16.6. The van der Waals surface area contributed by atoms with E-state index in [0.717, 1.165) is 11.5 Å². The second-order valence-corrected chi connectivity index (χ2v) is 7.81. The zero-order valence-corrected chi connectivity index (χ0v) is 16.3. The van der Waals surface area contributed by atoms with E-state index in [1.54, 1.807) is 0 Å². The first-order valence-corrected chi connectivity index (χ1v) is 10.7. The normalized spacial score (nSPS) is 17.1.